The molecule has 0 aromatic heterocycles. The number of carbonyl (C=O) groups excluding carboxylic acids is 2. The van der Waals surface area contributed by atoms with E-state index in [1.807, 2.05) is 31.2 Å². The Bertz CT molecular complexity index is 1260. The predicted molar refractivity (Wildman–Crippen MR) is 128 cm³/mol. The van der Waals surface area contributed by atoms with Crippen molar-refractivity contribution in [1.29, 1.82) is 0 Å². The van der Waals surface area contributed by atoms with Gasteiger partial charge in [0.2, 0.25) is 0 Å². The first kappa shape index (κ1) is 24.8. The number of rotatable bonds is 9. The molecule has 0 bridgehead atoms. The van der Waals surface area contributed by atoms with E-state index >= 15 is 0 Å². The number of methoxy groups -OCH3 is 1. The largest absolute Gasteiger partial charge is 0.497 e. The Kier molecular flexibility index (Phi) is 7.91. The van der Waals surface area contributed by atoms with Crippen molar-refractivity contribution in [1.82, 2.24) is 5.32 Å². The van der Waals surface area contributed by atoms with Gasteiger partial charge < -0.3 is 14.8 Å². The van der Waals surface area contributed by atoms with E-state index in [2.05, 4.69) is 5.32 Å². The minimum Gasteiger partial charge on any atom is -0.497 e. The zero-order valence-electron chi connectivity index (χ0n) is 19.1. The Balaban J connectivity index is 1.60. The van der Waals surface area contributed by atoms with E-state index in [9.17, 15) is 18.0 Å². The van der Waals surface area contributed by atoms with E-state index in [1.165, 1.54) is 31.3 Å². The maximum Gasteiger partial charge on any atom is 0.338 e. The first-order valence-electron chi connectivity index (χ1n) is 10.4. The number of amides is 1. The molecular weight excluding hydrogens is 456 g/mol. The van der Waals surface area contributed by atoms with Crippen LogP contribution in [-0.4, -0.2) is 41.1 Å². The van der Waals surface area contributed by atoms with Gasteiger partial charge in [0.15, 0.2) is 6.61 Å². The smallest absolute Gasteiger partial charge is 0.338 e. The zero-order chi connectivity index (χ0) is 24.7. The third-order valence-corrected chi connectivity index (χ3v) is 6.89. The van der Waals surface area contributed by atoms with Crippen molar-refractivity contribution in [2.75, 3.05) is 25.1 Å². The number of nitrogens with one attached hydrogen (secondary N) is 1. The van der Waals surface area contributed by atoms with Crippen LogP contribution in [0.2, 0.25) is 0 Å². The second kappa shape index (κ2) is 10.8. The average Bonchev–Trinajstić information content (AvgIpc) is 2.86. The maximum atomic E-state index is 13.0. The van der Waals surface area contributed by atoms with Crippen molar-refractivity contribution >= 4 is 27.6 Å². The Morgan fingerprint density at radius 3 is 2.29 bits per heavy atom. The molecule has 0 heterocycles. The zero-order valence-corrected chi connectivity index (χ0v) is 20.0. The Morgan fingerprint density at radius 2 is 1.65 bits per heavy atom. The number of esters is 1. The summed E-state index contributed by atoms with van der Waals surface area (Å²) in [6.45, 7) is 1.68. The van der Waals surface area contributed by atoms with Gasteiger partial charge >= 0.3 is 5.97 Å². The van der Waals surface area contributed by atoms with Gasteiger partial charge in [-0.05, 0) is 55.0 Å². The van der Waals surface area contributed by atoms with Crippen molar-refractivity contribution in [3.05, 3.63) is 89.5 Å². The van der Waals surface area contributed by atoms with E-state index in [1.54, 1.807) is 31.4 Å². The van der Waals surface area contributed by atoms with Crippen molar-refractivity contribution in [3.63, 3.8) is 0 Å². The number of aryl methyl sites for hydroxylation is 1. The SMILES string of the molecule is COc1ccc(CNC(=O)COC(=O)c2cccc(S(=O)(=O)N(C)c3ccc(C)cc3)c2)cc1. The molecule has 0 aliphatic carbocycles. The normalized spacial score (nSPS) is 10.9. The van der Waals surface area contributed by atoms with E-state index < -0.39 is 28.5 Å². The number of carbonyl (C=O) groups is 2. The van der Waals surface area contributed by atoms with Gasteiger partial charge in [0.05, 0.1) is 23.3 Å². The standard InChI is InChI=1S/C25H26N2O6S/c1-18-7-11-21(12-8-18)27(2)34(30,31)23-6-4-5-20(15-23)25(29)33-17-24(28)26-16-19-9-13-22(32-3)14-10-19/h4-15H,16-17H2,1-3H3,(H,26,28). The quantitative estimate of drug-likeness (QED) is 0.470. The van der Waals surface area contributed by atoms with Crippen LogP contribution >= 0.6 is 0 Å². The second-order valence-corrected chi connectivity index (χ2v) is 9.51. The Morgan fingerprint density at radius 1 is 0.971 bits per heavy atom. The maximum absolute atomic E-state index is 13.0. The molecular formula is C25H26N2O6S. The van der Waals surface area contributed by atoms with Crippen LogP contribution in [0.15, 0.2) is 77.7 Å². The van der Waals surface area contributed by atoms with Crippen LogP contribution < -0.4 is 14.4 Å². The summed E-state index contributed by atoms with van der Waals surface area (Å²) in [5.74, 6) is -0.569. The number of nitrogens with zero attached hydrogens (tertiary/aromatic N) is 1. The van der Waals surface area contributed by atoms with Gasteiger partial charge in [-0.1, -0.05) is 35.9 Å². The van der Waals surface area contributed by atoms with E-state index in [-0.39, 0.29) is 17.0 Å². The molecule has 0 spiro atoms. The molecule has 3 aromatic carbocycles. The number of hydrogen-bond acceptors (Lipinski definition) is 6. The summed E-state index contributed by atoms with van der Waals surface area (Å²) in [6, 6.07) is 19.7. The van der Waals surface area contributed by atoms with Crippen LogP contribution in [0.5, 0.6) is 5.75 Å². The van der Waals surface area contributed by atoms with Crippen molar-refractivity contribution in [3.8, 4) is 5.75 Å². The molecule has 3 aromatic rings. The van der Waals surface area contributed by atoms with Crippen LogP contribution in [0.4, 0.5) is 5.69 Å². The highest BCUT2D eigenvalue weighted by molar-refractivity contribution is 7.92. The van der Waals surface area contributed by atoms with Gasteiger partial charge in [0, 0.05) is 13.6 Å². The number of hydrogen-bond donors (Lipinski definition) is 1. The summed E-state index contributed by atoms with van der Waals surface area (Å²) in [4.78, 5) is 24.4. The highest BCUT2D eigenvalue weighted by Gasteiger charge is 2.23. The monoisotopic (exact) mass is 482 g/mol. The minimum absolute atomic E-state index is 0.0290. The van der Waals surface area contributed by atoms with Gasteiger partial charge in [-0.25, -0.2) is 13.2 Å². The molecule has 0 saturated carbocycles. The third-order valence-electron chi connectivity index (χ3n) is 5.11. The molecule has 1 amide bonds. The fourth-order valence-electron chi connectivity index (χ4n) is 3.04. The van der Waals surface area contributed by atoms with Gasteiger partial charge in [-0.2, -0.15) is 0 Å². The lowest BCUT2D eigenvalue weighted by atomic mass is 10.2. The Labute approximate surface area is 199 Å². The summed E-state index contributed by atoms with van der Waals surface area (Å²) >= 11 is 0. The van der Waals surface area contributed by atoms with Gasteiger partial charge in [0.25, 0.3) is 15.9 Å². The molecule has 0 atom stereocenters. The number of anilines is 1. The molecule has 3 rings (SSSR count). The van der Waals surface area contributed by atoms with Gasteiger partial charge in [0.1, 0.15) is 5.75 Å². The molecule has 1 N–H and O–H groups in total. The van der Waals surface area contributed by atoms with E-state index in [0.29, 0.717) is 11.4 Å². The summed E-state index contributed by atoms with van der Waals surface area (Å²) in [6.07, 6.45) is 0. The molecule has 0 aliphatic heterocycles. The van der Waals surface area contributed by atoms with Crippen molar-refractivity contribution in [2.24, 2.45) is 0 Å². The number of ether oxygens (including phenoxy) is 2. The lowest BCUT2D eigenvalue weighted by molar-refractivity contribution is -0.124. The number of benzene rings is 3. The summed E-state index contributed by atoms with van der Waals surface area (Å²) in [5.41, 5.74) is 2.39. The van der Waals surface area contributed by atoms with Crippen LogP contribution in [0.3, 0.4) is 0 Å². The second-order valence-electron chi connectivity index (χ2n) is 7.54. The molecule has 0 saturated heterocycles. The van der Waals surface area contributed by atoms with Crippen LogP contribution in [0.1, 0.15) is 21.5 Å². The highest BCUT2D eigenvalue weighted by atomic mass is 32.2. The Hall–Kier alpha value is -3.85. The molecule has 8 nitrogen and oxygen atoms in total. The number of sulfonamides is 1. The van der Waals surface area contributed by atoms with Crippen LogP contribution in [-0.2, 0) is 26.1 Å². The fourth-order valence-corrected chi connectivity index (χ4v) is 4.29. The average molecular weight is 483 g/mol. The first-order valence-corrected chi connectivity index (χ1v) is 11.9. The van der Waals surface area contributed by atoms with Gasteiger partial charge in [-0.3, -0.25) is 9.10 Å². The van der Waals surface area contributed by atoms with E-state index in [0.717, 1.165) is 15.4 Å². The fraction of sp³-hybridized carbons (Fsp3) is 0.200. The lowest BCUT2D eigenvalue weighted by Crippen LogP contribution is -2.28. The molecule has 0 unspecified atom stereocenters. The molecule has 9 heteroatoms. The van der Waals surface area contributed by atoms with E-state index in [4.69, 9.17) is 9.47 Å². The van der Waals surface area contributed by atoms with Crippen LogP contribution in [0, 0.1) is 6.92 Å². The predicted octanol–water partition coefficient (Wildman–Crippen LogP) is 3.30. The molecule has 178 valence electrons. The lowest BCUT2D eigenvalue weighted by Gasteiger charge is -2.20. The molecule has 0 fully saturated rings. The third kappa shape index (κ3) is 6.14. The van der Waals surface area contributed by atoms with Crippen LogP contribution in [0.25, 0.3) is 0 Å². The van der Waals surface area contributed by atoms with Gasteiger partial charge in [-0.15, -0.1) is 0 Å². The minimum atomic E-state index is -3.90. The van der Waals surface area contributed by atoms with Crippen molar-refractivity contribution in [2.45, 2.75) is 18.4 Å². The summed E-state index contributed by atoms with van der Waals surface area (Å²) < 4.78 is 37.3. The van der Waals surface area contributed by atoms with Crippen molar-refractivity contribution < 1.29 is 27.5 Å². The molecule has 0 aliphatic rings. The first-order chi connectivity index (χ1) is 16.2. The molecule has 34 heavy (non-hydrogen) atoms. The highest BCUT2D eigenvalue weighted by Crippen LogP contribution is 2.23. The molecule has 0 radical (unpaired) electrons. The summed E-state index contributed by atoms with van der Waals surface area (Å²) in [5, 5.41) is 2.66. The topological polar surface area (TPSA) is 102 Å². The summed E-state index contributed by atoms with van der Waals surface area (Å²) in [7, 11) is -0.889.